The number of anilines is 1. The van der Waals surface area contributed by atoms with Crippen molar-refractivity contribution >= 4 is 11.5 Å². The van der Waals surface area contributed by atoms with Crippen LogP contribution in [0, 0.1) is 17.8 Å². The van der Waals surface area contributed by atoms with Crippen LogP contribution in [0.4, 0.5) is 32.2 Å². The highest BCUT2D eigenvalue weighted by Gasteiger charge is 2.43. The van der Waals surface area contributed by atoms with Gasteiger partial charge < -0.3 is 14.4 Å². The van der Waals surface area contributed by atoms with Gasteiger partial charge in [0.15, 0.2) is 23.8 Å². The zero-order chi connectivity index (χ0) is 25.7. The fourth-order valence-corrected chi connectivity index (χ4v) is 5.24. The lowest BCUT2D eigenvalue weighted by Crippen LogP contribution is -2.43. The molecule has 2 aliphatic rings. The van der Waals surface area contributed by atoms with E-state index >= 15 is 0 Å². The molecule has 1 aliphatic heterocycles. The van der Waals surface area contributed by atoms with Crippen molar-refractivity contribution in [2.75, 3.05) is 31.7 Å². The van der Waals surface area contributed by atoms with Crippen LogP contribution in [0.15, 0.2) is 24.5 Å². The first-order valence-electron chi connectivity index (χ1n) is 11.3. The minimum atomic E-state index is -4.77. The first kappa shape index (κ1) is 24.4. The molecule has 36 heavy (non-hydrogen) atoms. The van der Waals surface area contributed by atoms with Crippen LogP contribution in [0.1, 0.15) is 24.4 Å². The second-order valence-electron chi connectivity index (χ2n) is 9.04. The first-order chi connectivity index (χ1) is 17.0. The van der Waals surface area contributed by atoms with Crippen LogP contribution in [-0.2, 0) is 12.6 Å². The molecular weight excluding hydrogens is 494 g/mol. The van der Waals surface area contributed by atoms with Crippen LogP contribution in [0.2, 0.25) is 0 Å². The number of halogens is 6. The highest BCUT2D eigenvalue weighted by molar-refractivity contribution is 5.54. The Balaban J connectivity index is 1.39. The first-order valence-corrected chi connectivity index (χ1v) is 11.3. The molecule has 4 heterocycles. The molecule has 1 saturated carbocycles. The van der Waals surface area contributed by atoms with Crippen molar-refractivity contribution in [2.24, 2.45) is 17.8 Å². The van der Waals surface area contributed by atoms with Crippen LogP contribution < -0.4 is 14.4 Å². The molecule has 3 atom stereocenters. The smallest absolute Gasteiger partial charge is 0.433 e. The van der Waals surface area contributed by atoms with Gasteiger partial charge in [0.1, 0.15) is 17.8 Å². The van der Waals surface area contributed by atoms with E-state index in [2.05, 4.69) is 25.0 Å². The number of rotatable bonds is 6. The lowest BCUT2D eigenvalue weighted by molar-refractivity contribution is -0.153. The van der Waals surface area contributed by atoms with Crippen LogP contribution in [0.25, 0.3) is 5.65 Å². The standard InChI is InChI=1S/C22H22F6N6O2/c1-35-19-7-18(29-11-30-19)33-8-12-2-3-13(9-33)14(12)6-17-31-20-15(36-10-21(23,24)25)4-5-16(22(26,27)28)34(20)32-17/h4-5,7,11-14H,2-3,6,8-10H2,1H3/t12-,13+,14?. The van der Waals surface area contributed by atoms with Gasteiger partial charge in [-0.05, 0) is 42.7 Å². The van der Waals surface area contributed by atoms with Gasteiger partial charge in [-0.15, -0.1) is 0 Å². The van der Waals surface area contributed by atoms with Crippen molar-refractivity contribution in [1.82, 2.24) is 24.6 Å². The molecule has 8 nitrogen and oxygen atoms in total. The predicted molar refractivity (Wildman–Crippen MR) is 114 cm³/mol. The molecule has 2 fully saturated rings. The highest BCUT2D eigenvalue weighted by Crippen LogP contribution is 2.44. The van der Waals surface area contributed by atoms with E-state index in [-0.39, 0.29) is 29.2 Å². The summed E-state index contributed by atoms with van der Waals surface area (Å²) in [4.78, 5) is 14.7. The third kappa shape index (κ3) is 4.85. The van der Waals surface area contributed by atoms with E-state index in [1.165, 1.54) is 13.4 Å². The summed E-state index contributed by atoms with van der Waals surface area (Å²) in [6.07, 6.45) is -5.80. The Labute approximate surface area is 201 Å². The third-order valence-corrected chi connectivity index (χ3v) is 6.78. The second kappa shape index (κ2) is 8.96. The molecule has 5 rings (SSSR count). The van der Waals surface area contributed by atoms with Gasteiger partial charge in [-0.25, -0.2) is 19.5 Å². The van der Waals surface area contributed by atoms with E-state index in [0.717, 1.165) is 24.7 Å². The fourth-order valence-electron chi connectivity index (χ4n) is 5.24. The Kier molecular flexibility index (Phi) is 6.07. The number of piperidine rings is 1. The Morgan fingerprint density at radius 1 is 1.03 bits per heavy atom. The zero-order valence-corrected chi connectivity index (χ0v) is 19.1. The number of ether oxygens (including phenoxy) is 2. The molecule has 194 valence electrons. The van der Waals surface area contributed by atoms with Gasteiger partial charge in [-0.1, -0.05) is 0 Å². The second-order valence-corrected chi connectivity index (χ2v) is 9.04. The largest absolute Gasteiger partial charge is 0.481 e. The molecule has 0 radical (unpaired) electrons. The molecule has 1 aliphatic carbocycles. The average Bonchev–Trinajstić information content (AvgIpc) is 3.32. The Morgan fingerprint density at radius 3 is 2.39 bits per heavy atom. The summed E-state index contributed by atoms with van der Waals surface area (Å²) in [5.74, 6) is 1.52. The summed E-state index contributed by atoms with van der Waals surface area (Å²) in [7, 11) is 1.52. The van der Waals surface area contributed by atoms with Crippen molar-refractivity contribution in [3.8, 4) is 11.6 Å². The maximum atomic E-state index is 13.6. The number of methoxy groups -OCH3 is 1. The van der Waals surface area contributed by atoms with Gasteiger partial charge in [0.2, 0.25) is 5.88 Å². The molecule has 0 amide bonds. The third-order valence-electron chi connectivity index (χ3n) is 6.78. The van der Waals surface area contributed by atoms with Crippen molar-refractivity contribution in [2.45, 2.75) is 31.6 Å². The Morgan fingerprint density at radius 2 is 1.75 bits per heavy atom. The van der Waals surface area contributed by atoms with E-state index in [9.17, 15) is 26.3 Å². The summed E-state index contributed by atoms with van der Waals surface area (Å²) in [6.45, 7) is -0.252. The summed E-state index contributed by atoms with van der Waals surface area (Å²) in [6, 6.07) is 3.25. The Bertz CT molecular complexity index is 1230. The van der Waals surface area contributed by atoms with Gasteiger partial charge in [0.25, 0.3) is 0 Å². The summed E-state index contributed by atoms with van der Waals surface area (Å²) in [5.41, 5.74) is -1.52. The predicted octanol–water partition coefficient (Wildman–Crippen LogP) is 4.19. The molecule has 3 aromatic heterocycles. The normalized spacial score (nSPS) is 22.3. The van der Waals surface area contributed by atoms with Crippen LogP contribution in [0.5, 0.6) is 11.6 Å². The van der Waals surface area contributed by atoms with E-state index in [1.54, 1.807) is 6.07 Å². The lowest BCUT2D eigenvalue weighted by Gasteiger charge is -2.38. The van der Waals surface area contributed by atoms with Crippen molar-refractivity contribution in [3.05, 3.63) is 36.0 Å². The van der Waals surface area contributed by atoms with Crippen LogP contribution in [-0.4, -0.2) is 57.5 Å². The minimum Gasteiger partial charge on any atom is -0.481 e. The molecule has 14 heteroatoms. The van der Waals surface area contributed by atoms with E-state index in [4.69, 9.17) is 9.47 Å². The monoisotopic (exact) mass is 516 g/mol. The molecule has 0 spiro atoms. The number of hydrogen-bond acceptors (Lipinski definition) is 7. The van der Waals surface area contributed by atoms with Crippen molar-refractivity contribution in [1.29, 1.82) is 0 Å². The molecule has 0 aromatic carbocycles. The number of nitrogens with zero attached hydrogens (tertiary/aromatic N) is 6. The maximum absolute atomic E-state index is 13.6. The molecule has 3 aromatic rings. The van der Waals surface area contributed by atoms with Crippen LogP contribution in [0.3, 0.4) is 0 Å². The number of alkyl halides is 6. The van der Waals surface area contributed by atoms with Gasteiger partial charge in [0, 0.05) is 25.6 Å². The van der Waals surface area contributed by atoms with E-state index in [0.29, 0.717) is 36.0 Å². The van der Waals surface area contributed by atoms with E-state index < -0.39 is 30.4 Å². The minimum absolute atomic E-state index is 0.122. The number of aromatic nitrogens is 5. The highest BCUT2D eigenvalue weighted by atomic mass is 19.4. The van der Waals surface area contributed by atoms with Gasteiger partial charge in [-0.3, -0.25) is 0 Å². The van der Waals surface area contributed by atoms with Crippen molar-refractivity contribution < 1.29 is 35.8 Å². The molecule has 0 N–H and O–H groups in total. The Hall–Kier alpha value is -3.32. The van der Waals surface area contributed by atoms with Crippen LogP contribution >= 0.6 is 0 Å². The van der Waals surface area contributed by atoms with Gasteiger partial charge >= 0.3 is 12.4 Å². The maximum Gasteiger partial charge on any atom is 0.433 e. The number of hydrogen-bond donors (Lipinski definition) is 0. The van der Waals surface area contributed by atoms with E-state index in [1.807, 2.05) is 0 Å². The lowest BCUT2D eigenvalue weighted by atomic mass is 9.82. The van der Waals surface area contributed by atoms with Gasteiger partial charge in [0.05, 0.1) is 7.11 Å². The topological polar surface area (TPSA) is 77.7 Å². The molecular formula is C22H22F6N6O2. The molecule has 1 saturated heterocycles. The van der Waals surface area contributed by atoms with Crippen molar-refractivity contribution in [3.63, 3.8) is 0 Å². The summed E-state index contributed by atoms with van der Waals surface area (Å²) in [5, 5.41) is 4.05. The molecule has 1 unspecified atom stereocenters. The number of pyridine rings is 1. The summed E-state index contributed by atoms with van der Waals surface area (Å²) >= 11 is 0. The van der Waals surface area contributed by atoms with Gasteiger partial charge in [-0.2, -0.15) is 31.4 Å². The quantitative estimate of drug-likeness (QED) is 0.455. The average molecular weight is 516 g/mol. The molecule has 2 bridgehead atoms. The SMILES string of the molecule is COc1cc(N2C[C@H]3CC[C@@H](C2)C3Cc2nc3c(OCC(F)(F)F)ccc(C(F)(F)F)n3n2)ncn1. The fraction of sp³-hybridized carbons (Fsp3) is 0.545. The summed E-state index contributed by atoms with van der Waals surface area (Å²) < 4.78 is 89.0. The zero-order valence-electron chi connectivity index (χ0n) is 19.1. The number of fused-ring (bicyclic) bond motifs is 3.